The summed E-state index contributed by atoms with van der Waals surface area (Å²) in [6.07, 6.45) is 2.69. The van der Waals surface area contributed by atoms with Gasteiger partial charge in [-0.25, -0.2) is 4.79 Å². The second-order valence-corrected chi connectivity index (χ2v) is 6.85. The average Bonchev–Trinajstić information content (AvgIpc) is 2.97. The number of nitrogens with zero attached hydrogens (tertiary/aromatic N) is 1. The van der Waals surface area contributed by atoms with Crippen molar-refractivity contribution in [2.45, 2.75) is 39.2 Å². The zero-order valence-corrected chi connectivity index (χ0v) is 14.0. The second-order valence-electron chi connectivity index (χ2n) is 6.85. The number of rotatable bonds is 3. The first-order valence-electron chi connectivity index (χ1n) is 8.46. The van der Waals surface area contributed by atoms with E-state index < -0.39 is 0 Å². The molecular weight excluding hydrogens is 292 g/mol. The average molecular weight is 318 g/mol. The van der Waals surface area contributed by atoms with Gasteiger partial charge >= 0.3 is 6.03 Å². The Kier molecular flexibility index (Phi) is 4.48. The van der Waals surface area contributed by atoms with Crippen molar-refractivity contribution < 1.29 is 14.6 Å². The van der Waals surface area contributed by atoms with Gasteiger partial charge in [0, 0.05) is 25.3 Å². The number of amides is 2. The summed E-state index contributed by atoms with van der Waals surface area (Å²) >= 11 is 0. The summed E-state index contributed by atoms with van der Waals surface area (Å²) in [5.74, 6) is 0.866. The number of ether oxygens (including phenoxy) is 1. The molecule has 23 heavy (non-hydrogen) atoms. The maximum atomic E-state index is 12.5. The lowest BCUT2D eigenvalue weighted by Crippen LogP contribution is -2.49. The van der Waals surface area contributed by atoms with E-state index >= 15 is 0 Å². The van der Waals surface area contributed by atoms with E-state index in [0.717, 1.165) is 30.6 Å². The van der Waals surface area contributed by atoms with E-state index in [4.69, 9.17) is 4.74 Å². The van der Waals surface area contributed by atoms with E-state index in [0.29, 0.717) is 19.7 Å². The van der Waals surface area contributed by atoms with Crippen LogP contribution >= 0.6 is 0 Å². The minimum Gasteiger partial charge on any atom is -0.491 e. The summed E-state index contributed by atoms with van der Waals surface area (Å²) in [5.41, 5.74) is 2.23. The van der Waals surface area contributed by atoms with Gasteiger partial charge in [0.25, 0.3) is 0 Å². The zero-order valence-electron chi connectivity index (χ0n) is 14.0. The molecule has 0 radical (unpaired) electrons. The predicted molar refractivity (Wildman–Crippen MR) is 88.6 cm³/mol. The van der Waals surface area contributed by atoms with Crippen LogP contribution in [-0.2, 0) is 0 Å². The Morgan fingerprint density at radius 1 is 1.43 bits per heavy atom. The highest BCUT2D eigenvalue weighted by molar-refractivity contribution is 5.75. The summed E-state index contributed by atoms with van der Waals surface area (Å²) in [4.78, 5) is 14.4. The number of hydrogen-bond acceptors (Lipinski definition) is 3. The Hall–Kier alpha value is -1.75. The zero-order chi connectivity index (χ0) is 16.4. The highest BCUT2D eigenvalue weighted by Gasteiger charge is 2.35. The van der Waals surface area contributed by atoms with Crippen LogP contribution in [0.5, 0.6) is 5.75 Å². The fourth-order valence-corrected chi connectivity index (χ4v) is 3.50. The topological polar surface area (TPSA) is 61.8 Å². The van der Waals surface area contributed by atoms with E-state index in [1.54, 1.807) is 0 Å². The van der Waals surface area contributed by atoms with Crippen molar-refractivity contribution in [1.29, 1.82) is 0 Å². The lowest BCUT2D eigenvalue weighted by molar-refractivity contribution is 0.0513. The van der Waals surface area contributed by atoms with Crippen molar-refractivity contribution in [3.63, 3.8) is 0 Å². The Morgan fingerprint density at radius 3 is 2.83 bits per heavy atom. The first-order valence-corrected chi connectivity index (χ1v) is 8.46. The minimum atomic E-state index is -0.0758. The highest BCUT2D eigenvalue weighted by Crippen LogP contribution is 2.35. The lowest BCUT2D eigenvalue weighted by Gasteiger charge is -2.40. The molecule has 0 spiro atoms. The smallest absolute Gasteiger partial charge is 0.318 e. The molecule has 5 nitrogen and oxygen atoms in total. The van der Waals surface area contributed by atoms with Gasteiger partial charge in [-0.05, 0) is 37.7 Å². The summed E-state index contributed by atoms with van der Waals surface area (Å²) < 4.78 is 5.66. The fourth-order valence-electron chi connectivity index (χ4n) is 3.50. The van der Waals surface area contributed by atoms with E-state index in [1.165, 1.54) is 5.56 Å². The lowest BCUT2D eigenvalue weighted by atomic mass is 9.77. The number of urea groups is 1. The second kappa shape index (κ2) is 6.40. The minimum absolute atomic E-state index is 0.00301. The number of aliphatic hydroxyl groups is 1. The van der Waals surface area contributed by atoms with Crippen LogP contribution in [0, 0.1) is 12.3 Å². The van der Waals surface area contributed by atoms with Gasteiger partial charge < -0.3 is 20.1 Å². The van der Waals surface area contributed by atoms with Crippen molar-refractivity contribution >= 4 is 6.03 Å². The number of aliphatic hydroxyl groups excluding tert-OH is 1. The monoisotopic (exact) mass is 318 g/mol. The van der Waals surface area contributed by atoms with Gasteiger partial charge in [-0.2, -0.15) is 0 Å². The first kappa shape index (κ1) is 16.1. The summed E-state index contributed by atoms with van der Waals surface area (Å²) in [7, 11) is 0. The molecule has 1 fully saturated rings. The van der Waals surface area contributed by atoms with Crippen LogP contribution in [-0.4, -0.2) is 42.3 Å². The Labute approximate surface area is 137 Å². The van der Waals surface area contributed by atoms with Crippen molar-refractivity contribution in [3.05, 3.63) is 29.3 Å². The molecule has 0 aromatic heterocycles. The quantitative estimate of drug-likeness (QED) is 0.900. The van der Waals surface area contributed by atoms with Gasteiger partial charge in [0.05, 0.1) is 6.04 Å². The van der Waals surface area contributed by atoms with Crippen LogP contribution in [0.1, 0.15) is 43.4 Å². The molecule has 2 amide bonds. The van der Waals surface area contributed by atoms with Gasteiger partial charge in [-0.3, -0.25) is 0 Å². The third kappa shape index (κ3) is 3.15. The number of likely N-dealkylation sites (tertiary alicyclic amines) is 1. The third-order valence-electron chi connectivity index (χ3n) is 5.44. The number of fused-ring (bicyclic) bond motifs is 1. The van der Waals surface area contributed by atoms with Gasteiger partial charge in [0.1, 0.15) is 12.4 Å². The molecule has 0 saturated carbocycles. The molecule has 1 atom stereocenters. The van der Waals surface area contributed by atoms with Crippen molar-refractivity contribution in [2.75, 3.05) is 26.3 Å². The molecule has 1 aromatic rings. The van der Waals surface area contributed by atoms with Crippen LogP contribution in [0.15, 0.2) is 18.2 Å². The van der Waals surface area contributed by atoms with Gasteiger partial charge in [0.2, 0.25) is 0 Å². The van der Waals surface area contributed by atoms with Crippen LogP contribution in [0.4, 0.5) is 4.79 Å². The van der Waals surface area contributed by atoms with Crippen molar-refractivity contribution in [1.82, 2.24) is 10.2 Å². The van der Waals surface area contributed by atoms with E-state index in [2.05, 4.69) is 18.3 Å². The Balaban J connectivity index is 1.61. The number of piperidine rings is 1. The molecule has 3 rings (SSSR count). The van der Waals surface area contributed by atoms with E-state index in [1.807, 2.05) is 24.0 Å². The molecule has 2 aliphatic rings. The maximum absolute atomic E-state index is 12.5. The largest absolute Gasteiger partial charge is 0.491 e. The number of carbonyl (C=O) groups is 1. The molecule has 1 unspecified atom stereocenters. The van der Waals surface area contributed by atoms with Crippen molar-refractivity contribution in [3.8, 4) is 5.75 Å². The van der Waals surface area contributed by atoms with Gasteiger partial charge in [-0.15, -0.1) is 0 Å². The molecule has 126 valence electrons. The molecule has 0 bridgehead atoms. The molecular formula is C18H26N2O3. The SMILES string of the molecule is CCC1(CO)CCN(C(=O)NC2COc3ccc(C)cc32)CC1. The first-order chi connectivity index (χ1) is 11.1. The molecule has 2 heterocycles. The normalized spacial score (nSPS) is 22.4. The number of hydrogen-bond donors (Lipinski definition) is 2. The van der Waals surface area contributed by atoms with Crippen LogP contribution < -0.4 is 10.1 Å². The molecule has 1 aromatic carbocycles. The molecule has 1 saturated heterocycles. The Bertz CT molecular complexity index is 574. The third-order valence-corrected chi connectivity index (χ3v) is 5.44. The summed E-state index contributed by atoms with van der Waals surface area (Å²) in [6, 6.07) is 5.96. The van der Waals surface area contributed by atoms with E-state index in [-0.39, 0.29) is 24.1 Å². The van der Waals surface area contributed by atoms with Gasteiger partial charge in [-0.1, -0.05) is 24.6 Å². The predicted octanol–water partition coefficient (Wildman–Crippen LogP) is 2.62. The fraction of sp³-hybridized carbons (Fsp3) is 0.611. The van der Waals surface area contributed by atoms with E-state index in [9.17, 15) is 9.90 Å². The van der Waals surface area contributed by atoms with Crippen LogP contribution in [0.25, 0.3) is 0 Å². The number of aryl methyl sites for hydroxylation is 1. The Morgan fingerprint density at radius 2 is 2.17 bits per heavy atom. The maximum Gasteiger partial charge on any atom is 0.318 e. The standard InChI is InChI=1S/C18H26N2O3/c1-3-18(12-21)6-8-20(9-7-18)17(22)19-15-11-23-16-5-4-13(2)10-14(15)16/h4-5,10,15,21H,3,6-9,11-12H2,1-2H3,(H,19,22). The number of carbonyl (C=O) groups excluding carboxylic acids is 1. The van der Waals surface area contributed by atoms with Crippen molar-refractivity contribution in [2.24, 2.45) is 5.41 Å². The molecule has 2 N–H and O–H groups in total. The summed E-state index contributed by atoms with van der Waals surface area (Å²) in [5, 5.41) is 12.7. The molecule has 2 aliphatic heterocycles. The highest BCUT2D eigenvalue weighted by atomic mass is 16.5. The summed E-state index contributed by atoms with van der Waals surface area (Å²) in [6.45, 7) is 6.27. The van der Waals surface area contributed by atoms with Gasteiger partial charge in [0.15, 0.2) is 0 Å². The number of benzene rings is 1. The number of nitrogens with one attached hydrogen (secondary N) is 1. The molecule has 0 aliphatic carbocycles. The van der Waals surface area contributed by atoms with Crippen LogP contribution in [0.2, 0.25) is 0 Å². The van der Waals surface area contributed by atoms with Crippen LogP contribution in [0.3, 0.4) is 0 Å². The molecule has 5 heteroatoms.